The molecular formula is C6H15ClFN. The highest BCUT2D eigenvalue weighted by molar-refractivity contribution is 5.85. The monoisotopic (exact) mass is 155 g/mol. The number of halogens is 2. The lowest BCUT2D eigenvalue weighted by Crippen LogP contribution is -2.23. The molecule has 0 bridgehead atoms. The van der Waals surface area contributed by atoms with Crippen molar-refractivity contribution in [2.24, 2.45) is 11.7 Å². The van der Waals surface area contributed by atoms with Gasteiger partial charge < -0.3 is 5.73 Å². The van der Waals surface area contributed by atoms with E-state index in [9.17, 15) is 4.39 Å². The first-order valence-corrected chi connectivity index (χ1v) is 2.98. The molecule has 9 heavy (non-hydrogen) atoms. The van der Waals surface area contributed by atoms with Gasteiger partial charge in [-0.05, 0) is 12.3 Å². The molecule has 0 rings (SSSR count). The van der Waals surface area contributed by atoms with Crippen LogP contribution in [-0.2, 0) is 0 Å². The van der Waals surface area contributed by atoms with Crippen LogP contribution in [0.4, 0.5) is 4.39 Å². The van der Waals surface area contributed by atoms with Crippen LogP contribution in [0.5, 0.6) is 0 Å². The standard InChI is InChI=1S/C6H14FN.ClH/c1-5(2)3-6(8)4-7;/h5-6H,3-4,8H2,1-2H3;1H. The molecule has 2 N–H and O–H groups in total. The van der Waals surface area contributed by atoms with Gasteiger partial charge >= 0.3 is 0 Å². The first kappa shape index (κ1) is 11.9. The molecule has 0 saturated heterocycles. The Labute approximate surface area is 62.2 Å². The molecular weight excluding hydrogens is 141 g/mol. The summed E-state index contributed by atoms with van der Waals surface area (Å²) in [6.07, 6.45) is 0.788. The van der Waals surface area contributed by atoms with Gasteiger partial charge in [-0.25, -0.2) is 4.39 Å². The van der Waals surface area contributed by atoms with Crippen LogP contribution in [0.15, 0.2) is 0 Å². The van der Waals surface area contributed by atoms with E-state index in [1.807, 2.05) is 13.8 Å². The van der Waals surface area contributed by atoms with Crippen molar-refractivity contribution < 1.29 is 4.39 Å². The van der Waals surface area contributed by atoms with E-state index < -0.39 is 6.67 Å². The fourth-order valence-electron chi connectivity index (χ4n) is 0.668. The quantitative estimate of drug-likeness (QED) is 0.661. The lowest BCUT2D eigenvalue weighted by molar-refractivity contribution is 0.381. The molecule has 0 aromatic heterocycles. The summed E-state index contributed by atoms with van der Waals surface area (Å²) in [5.41, 5.74) is 5.30. The van der Waals surface area contributed by atoms with E-state index in [1.165, 1.54) is 0 Å². The maximum Gasteiger partial charge on any atom is 0.104 e. The lowest BCUT2D eigenvalue weighted by atomic mass is 10.1. The highest BCUT2D eigenvalue weighted by Gasteiger charge is 2.02. The first-order valence-electron chi connectivity index (χ1n) is 2.98. The van der Waals surface area contributed by atoms with Crippen molar-refractivity contribution in [1.82, 2.24) is 0 Å². The highest BCUT2D eigenvalue weighted by atomic mass is 35.5. The van der Waals surface area contributed by atoms with Crippen molar-refractivity contribution in [3.63, 3.8) is 0 Å². The van der Waals surface area contributed by atoms with Gasteiger partial charge in [0.2, 0.25) is 0 Å². The Morgan fingerprint density at radius 1 is 1.44 bits per heavy atom. The van der Waals surface area contributed by atoms with Gasteiger partial charge in [0.1, 0.15) is 6.67 Å². The molecule has 0 aromatic carbocycles. The largest absolute Gasteiger partial charge is 0.325 e. The van der Waals surface area contributed by atoms with Crippen LogP contribution in [0.25, 0.3) is 0 Å². The molecule has 0 aromatic rings. The van der Waals surface area contributed by atoms with Gasteiger partial charge in [-0.15, -0.1) is 12.4 Å². The number of rotatable bonds is 3. The van der Waals surface area contributed by atoms with Gasteiger partial charge in [-0.2, -0.15) is 0 Å². The zero-order valence-electron chi connectivity index (χ0n) is 5.93. The zero-order valence-corrected chi connectivity index (χ0v) is 6.75. The summed E-state index contributed by atoms with van der Waals surface area (Å²) in [4.78, 5) is 0. The van der Waals surface area contributed by atoms with E-state index in [-0.39, 0.29) is 18.4 Å². The average molecular weight is 156 g/mol. The summed E-state index contributed by atoms with van der Waals surface area (Å²) in [6, 6.07) is -0.241. The third kappa shape index (κ3) is 8.18. The summed E-state index contributed by atoms with van der Waals surface area (Å²) in [5, 5.41) is 0. The van der Waals surface area contributed by atoms with Gasteiger partial charge in [-0.3, -0.25) is 0 Å². The summed E-state index contributed by atoms with van der Waals surface area (Å²) < 4.78 is 11.6. The number of hydrogen-bond donors (Lipinski definition) is 1. The molecule has 0 spiro atoms. The van der Waals surface area contributed by atoms with E-state index in [0.717, 1.165) is 6.42 Å². The summed E-state index contributed by atoms with van der Waals surface area (Å²) in [6.45, 7) is 3.68. The first-order chi connectivity index (χ1) is 3.66. The smallest absolute Gasteiger partial charge is 0.104 e. The van der Waals surface area contributed by atoms with Gasteiger partial charge in [0.05, 0.1) is 0 Å². The Balaban J connectivity index is 0. The van der Waals surface area contributed by atoms with Gasteiger partial charge in [0.15, 0.2) is 0 Å². The number of hydrogen-bond acceptors (Lipinski definition) is 1. The van der Waals surface area contributed by atoms with Crippen LogP contribution < -0.4 is 5.73 Å². The summed E-state index contributed by atoms with van der Waals surface area (Å²) in [7, 11) is 0. The SMILES string of the molecule is CC(C)CC(N)CF.Cl. The summed E-state index contributed by atoms with van der Waals surface area (Å²) >= 11 is 0. The molecule has 3 heteroatoms. The normalized spacial score (nSPS) is 13.0. The number of nitrogens with two attached hydrogens (primary N) is 1. The van der Waals surface area contributed by atoms with E-state index in [2.05, 4.69) is 0 Å². The Morgan fingerprint density at radius 2 is 1.89 bits per heavy atom. The molecule has 1 nitrogen and oxygen atoms in total. The van der Waals surface area contributed by atoms with Crippen LogP contribution in [0.3, 0.4) is 0 Å². The van der Waals surface area contributed by atoms with Crippen LogP contribution in [0.2, 0.25) is 0 Å². The van der Waals surface area contributed by atoms with Crippen molar-refractivity contribution in [2.75, 3.05) is 6.67 Å². The molecule has 0 aliphatic heterocycles. The molecule has 0 saturated carbocycles. The highest BCUT2D eigenvalue weighted by Crippen LogP contribution is 2.01. The van der Waals surface area contributed by atoms with E-state index in [4.69, 9.17) is 5.73 Å². The predicted octanol–water partition coefficient (Wildman–Crippen LogP) is 1.75. The van der Waals surface area contributed by atoms with Gasteiger partial charge in [0, 0.05) is 6.04 Å². The molecule has 0 heterocycles. The average Bonchev–Trinajstić information content (AvgIpc) is 1.65. The fraction of sp³-hybridized carbons (Fsp3) is 1.00. The van der Waals surface area contributed by atoms with Crippen molar-refractivity contribution in [3.8, 4) is 0 Å². The fourth-order valence-corrected chi connectivity index (χ4v) is 0.668. The van der Waals surface area contributed by atoms with E-state index in [1.54, 1.807) is 0 Å². The second-order valence-corrected chi connectivity index (χ2v) is 2.54. The predicted molar refractivity (Wildman–Crippen MR) is 40.7 cm³/mol. The summed E-state index contributed by atoms with van der Waals surface area (Å²) in [5.74, 6) is 0.515. The van der Waals surface area contributed by atoms with Gasteiger partial charge in [-0.1, -0.05) is 13.8 Å². The minimum absolute atomic E-state index is 0. The lowest BCUT2D eigenvalue weighted by Gasteiger charge is -2.08. The van der Waals surface area contributed by atoms with E-state index in [0.29, 0.717) is 5.92 Å². The third-order valence-corrected chi connectivity index (χ3v) is 0.972. The molecule has 1 atom stereocenters. The zero-order chi connectivity index (χ0) is 6.57. The van der Waals surface area contributed by atoms with Crippen molar-refractivity contribution in [1.29, 1.82) is 0 Å². The van der Waals surface area contributed by atoms with Crippen LogP contribution in [0, 0.1) is 5.92 Å². The molecule has 0 fully saturated rings. The minimum atomic E-state index is -0.391. The Morgan fingerprint density at radius 3 is 2.00 bits per heavy atom. The van der Waals surface area contributed by atoms with Crippen molar-refractivity contribution in [2.45, 2.75) is 26.3 Å². The van der Waals surface area contributed by atoms with E-state index >= 15 is 0 Å². The Hall–Kier alpha value is 0.180. The maximum atomic E-state index is 11.6. The van der Waals surface area contributed by atoms with Gasteiger partial charge in [0.25, 0.3) is 0 Å². The topological polar surface area (TPSA) is 26.0 Å². The minimum Gasteiger partial charge on any atom is -0.325 e. The van der Waals surface area contributed by atoms with Crippen LogP contribution in [-0.4, -0.2) is 12.7 Å². The molecule has 0 aliphatic rings. The molecule has 58 valence electrons. The number of alkyl halides is 1. The molecule has 0 aliphatic carbocycles. The molecule has 1 unspecified atom stereocenters. The Kier molecular flexibility index (Phi) is 8.34. The van der Waals surface area contributed by atoms with Crippen molar-refractivity contribution >= 4 is 12.4 Å². The third-order valence-electron chi connectivity index (χ3n) is 0.972. The van der Waals surface area contributed by atoms with Crippen LogP contribution in [0.1, 0.15) is 20.3 Å². The van der Waals surface area contributed by atoms with Crippen molar-refractivity contribution in [3.05, 3.63) is 0 Å². The molecule has 0 amide bonds. The molecule has 0 radical (unpaired) electrons. The maximum absolute atomic E-state index is 11.6. The second-order valence-electron chi connectivity index (χ2n) is 2.54. The second kappa shape index (κ2) is 6.30. The Bertz CT molecular complexity index is 59.0. The van der Waals surface area contributed by atoms with Crippen LogP contribution >= 0.6 is 12.4 Å².